The number of anilines is 2. The Kier molecular flexibility index (Phi) is 6.09. The van der Waals surface area contributed by atoms with Crippen LogP contribution in [0.15, 0.2) is 60.7 Å². The summed E-state index contributed by atoms with van der Waals surface area (Å²) in [4.78, 5) is 36.1. The van der Waals surface area contributed by atoms with Crippen molar-refractivity contribution >= 4 is 40.0 Å². The smallest absolute Gasteiger partial charge is 0.337 e. The molecule has 0 saturated carbocycles. The largest absolute Gasteiger partial charge is 0.465 e. The van der Waals surface area contributed by atoms with Gasteiger partial charge in [-0.05, 0) is 29.7 Å². The molecule has 29 heavy (non-hydrogen) atoms. The highest BCUT2D eigenvalue weighted by molar-refractivity contribution is 6.01. The molecule has 2 N–H and O–H groups in total. The Bertz CT molecular complexity index is 1040. The van der Waals surface area contributed by atoms with Crippen molar-refractivity contribution in [3.05, 3.63) is 71.8 Å². The quantitative estimate of drug-likeness (QED) is 0.624. The molecule has 0 fully saturated rings. The van der Waals surface area contributed by atoms with Crippen LogP contribution in [0.2, 0.25) is 0 Å². The molecule has 0 aromatic heterocycles. The average molecular weight is 392 g/mol. The molecule has 0 saturated heterocycles. The fourth-order valence-electron chi connectivity index (χ4n) is 2.93. The SMILES string of the molecule is COC(=O)c1cc(NC(=O)CNc2cccc3ccccc23)cc(C(=O)OC)c1. The zero-order valence-corrected chi connectivity index (χ0v) is 16.0. The first-order chi connectivity index (χ1) is 14.0. The number of hydrogen-bond acceptors (Lipinski definition) is 6. The van der Waals surface area contributed by atoms with Crippen LogP contribution in [0.5, 0.6) is 0 Å². The molecule has 0 bridgehead atoms. The first-order valence-electron chi connectivity index (χ1n) is 8.85. The number of amides is 1. The van der Waals surface area contributed by atoms with Crippen LogP contribution in [0.1, 0.15) is 20.7 Å². The summed E-state index contributed by atoms with van der Waals surface area (Å²) in [6.45, 7) is 0.00399. The summed E-state index contributed by atoms with van der Waals surface area (Å²) < 4.78 is 9.39. The van der Waals surface area contributed by atoms with Gasteiger partial charge in [0.05, 0.1) is 31.9 Å². The number of esters is 2. The minimum Gasteiger partial charge on any atom is -0.465 e. The molecule has 0 aliphatic heterocycles. The molecular weight excluding hydrogens is 372 g/mol. The van der Waals surface area contributed by atoms with Crippen molar-refractivity contribution in [2.45, 2.75) is 0 Å². The fraction of sp³-hybridized carbons (Fsp3) is 0.136. The van der Waals surface area contributed by atoms with Crippen molar-refractivity contribution in [2.24, 2.45) is 0 Å². The van der Waals surface area contributed by atoms with Gasteiger partial charge >= 0.3 is 11.9 Å². The van der Waals surface area contributed by atoms with E-state index >= 15 is 0 Å². The van der Waals surface area contributed by atoms with Gasteiger partial charge < -0.3 is 20.1 Å². The van der Waals surface area contributed by atoms with Crippen molar-refractivity contribution in [2.75, 3.05) is 31.4 Å². The van der Waals surface area contributed by atoms with Crippen molar-refractivity contribution in [1.82, 2.24) is 0 Å². The minimum atomic E-state index is -0.625. The Labute approximate surface area is 167 Å². The van der Waals surface area contributed by atoms with Crippen molar-refractivity contribution in [3.63, 3.8) is 0 Å². The molecule has 7 nitrogen and oxygen atoms in total. The number of carbonyl (C=O) groups is 3. The van der Waals surface area contributed by atoms with Crippen LogP contribution in [0.4, 0.5) is 11.4 Å². The van der Waals surface area contributed by atoms with Gasteiger partial charge in [0.15, 0.2) is 0 Å². The van der Waals surface area contributed by atoms with Crippen LogP contribution >= 0.6 is 0 Å². The minimum absolute atomic E-state index is 0.00399. The molecule has 7 heteroatoms. The van der Waals surface area contributed by atoms with Gasteiger partial charge in [-0.25, -0.2) is 9.59 Å². The first kappa shape index (κ1) is 19.9. The molecule has 3 aromatic carbocycles. The van der Waals surface area contributed by atoms with Gasteiger partial charge in [-0.1, -0.05) is 36.4 Å². The zero-order valence-electron chi connectivity index (χ0n) is 16.0. The van der Waals surface area contributed by atoms with Gasteiger partial charge in [-0.2, -0.15) is 0 Å². The van der Waals surface area contributed by atoms with Crippen LogP contribution < -0.4 is 10.6 Å². The highest BCUT2D eigenvalue weighted by Crippen LogP contribution is 2.23. The third-order valence-corrected chi connectivity index (χ3v) is 4.29. The van der Waals surface area contributed by atoms with E-state index in [9.17, 15) is 14.4 Å². The number of carbonyl (C=O) groups excluding carboxylic acids is 3. The summed E-state index contributed by atoms with van der Waals surface area (Å²) in [6, 6.07) is 17.9. The van der Waals surface area contributed by atoms with Gasteiger partial charge in [0.25, 0.3) is 0 Å². The molecule has 1 amide bonds. The molecule has 0 unspecified atom stereocenters. The molecule has 0 spiro atoms. The van der Waals surface area contributed by atoms with Crippen molar-refractivity contribution in [1.29, 1.82) is 0 Å². The lowest BCUT2D eigenvalue weighted by atomic mass is 10.1. The van der Waals surface area contributed by atoms with E-state index in [1.54, 1.807) is 0 Å². The lowest BCUT2D eigenvalue weighted by Gasteiger charge is -2.12. The number of nitrogens with one attached hydrogen (secondary N) is 2. The number of hydrogen-bond donors (Lipinski definition) is 2. The van der Waals surface area contributed by atoms with Gasteiger partial charge in [-0.3, -0.25) is 4.79 Å². The van der Waals surface area contributed by atoms with E-state index in [1.807, 2.05) is 42.5 Å². The highest BCUT2D eigenvalue weighted by atomic mass is 16.5. The van der Waals surface area contributed by atoms with E-state index in [0.29, 0.717) is 0 Å². The van der Waals surface area contributed by atoms with Crippen LogP contribution in [0, 0.1) is 0 Å². The highest BCUT2D eigenvalue weighted by Gasteiger charge is 2.15. The van der Waals surface area contributed by atoms with E-state index in [1.165, 1.54) is 32.4 Å². The van der Waals surface area contributed by atoms with Gasteiger partial charge in [0, 0.05) is 16.8 Å². The zero-order chi connectivity index (χ0) is 20.8. The third-order valence-electron chi connectivity index (χ3n) is 4.29. The topological polar surface area (TPSA) is 93.7 Å². The number of ether oxygens (including phenoxy) is 2. The molecule has 3 aromatic rings. The van der Waals surface area contributed by atoms with E-state index < -0.39 is 11.9 Å². The summed E-state index contributed by atoms with van der Waals surface area (Å²) in [5.74, 6) is -1.59. The monoisotopic (exact) mass is 392 g/mol. The van der Waals surface area contributed by atoms with E-state index in [0.717, 1.165) is 16.5 Å². The average Bonchev–Trinajstić information content (AvgIpc) is 2.76. The summed E-state index contributed by atoms with van der Waals surface area (Å²) in [7, 11) is 2.47. The van der Waals surface area contributed by atoms with Gasteiger partial charge in [0.1, 0.15) is 0 Å². The third kappa shape index (κ3) is 4.70. The Hall–Kier alpha value is -3.87. The first-order valence-corrected chi connectivity index (χ1v) is 8.85. The number of benzene rings is 3. The lowest BCUT2D eigenvalue weighted by Crippen LogP contribution is -2.22. The predicted molar refractivity (Wildman–Crippen MR) is 110 cm³/mol. The second-order valence-corrected chi connectivity index (χ2v) is 6.21. The Balaban J connectivity index is 1.76. The molecule has 0 radical (unpaired) electrons. The van der Waals surface area contributed by atoms with Gasteiger partial charge in [-0.15, -0.1) is 0 Å². The molecule has 3 rings (SSSR count). The fourth-order valence-corrected chi connectivity index (χ4v) is 2.93. The summed E-state index contributed by atoms with van der Waals surface area (Å²) >= 11 is 0. The van der Waals surface area contributed by atoms with Crippen molar-refractivity contribution < 1.29 is 23.9 Å². The Morgan fingerprint density at radius 2 is 1.45 bits per heavy atom. The predicted octanol–water partition coefficient (Wildman–Crippen LogP) is 3.46. The Morgan fingerprint density at radius 3 is 2.10 bits per heavy atom. The molecular formula is C22H20N2O5. The standard InChI is InChI=1S/C22H20N2O5/c1-28-21(26)15-10-16(22(27)29-2)12-17(11-15)24-20(25)13-23-19-9-5-7-14-6-3-4-8-18(14)19/h3-12,23H,13H2,1-2H3,(H,24,25). The second kappa shape index (κ2) is 8.88. The normalized spacial score (nSPS) is 10.3. The van der Waals surface area contributed by atoms with E-state index in [2.05, 4.69) is 10.6 Å². The van der Waals surface area contributed by atoms with E-state index in [4.69, 9.17) is 9.47 Å². The van der Waals surface area contributed by atoms with Crippen molar-refractivity contribution in [3.8, 4) is 0 Å². The van der Waals surface area contributed by atoms with E-state index in [-0.39, 0.29) is 29.3 Å². The number of rotatable bonds is 6. The number of methoxy groups -OCH3 is 2. The summed E-state index contributed by atoms with van der Waals surface area (Å²) in [6.07, 6.45) is 0. The lowest BCUT2D eigenvalue weighted by molar-refractivity contribution is -0.114. The maximum absolute atomic E-state index is 12.4. The summed E-state index contributed by atoms with van der Waals surface area (Å²) in [5, 5.41) is 7.86. The maximum Gasteiger partial charge on any atom is 0.337 e. The molecule has 0 heterocycles. The molecule has 0 atom stereocenters. The number of fused-ring (bicyclic) bond motifs is 1. The van der Waals surface area contributed by atoms with Crippen LogP contribution in [0.25, 0.3) is 10.8 Å². The molecule has 0 aliphatic carbocycles. The molecule has 148 valence electrons. The Morgan fingerprint density at radius 1 is 0.828 bits per heavy atom. The maximum atomic E-state index is 12.4. The van der Waals surface area contributed by atoms with Crippen LogP contribution in [-0.4, -0.2) is 38.6 Å². The summed E-state index contributed by atoms with van der Waals surface area (Å²) in [5.41, 5.74) is 1.38. The molecule has 0 aliphatic rings. The van der Waals surface area contributed by atoms with Crippen LogP contribution in [-0.2, 0) is 14.3 Å². The second-order valence-electron chi connectivity index (χ2n) is 6.21. The van der Waals surface area contributed by atoms with Crippen LogP contribution in [0.3, 0.4) is 0 Å². The van der Waals surface area contributed by atoms with Gasteiger partial charge in [0.2, 0.25) is 5.91 Å².